The first kappa shape index (κ1) is 21.4. The molecule has 0 aliphatic rings. The van der Waals surface area contributed by atoms with Crippen LogP contribution in [0.15, 0.2) is 30.3 Å². The fraction of sp³-hybridized carbons (Fsp3) is 0.632. The van der Waals surface area contributed by atoms with Gasteiger partial charge in [-0.15, -0.1) is 0 Å². The van der Waals surface area contributed by atoms with Crippen LogP contribution in [0.25, 0.3) is 0 Å². The van der Waals surface area contributed by atoms with Gasteiger partial charge in [0.2, 0.25) is 0 Å². The summed E-state index contributed by atoms with van der Waals surface area (Å²) in [7, 11) is 0. The molecule has 0 bridgehead atoms. The molecule has 0 aromatic heterocycles. The van der Waals surface area contributed by atoms with Crippen molar-refractivity contribution in [2.75, 3.05) is 19.6 Å². The Labute approximate surface area is 142 Å². The molecule has 1 aromatic carbocycles. The van der Waals surface area contributed by atoms with E-state index in [0.29, 0.717) is 12.5 Å². The van der Waals surface area contributed by atoms with Gasteiger partial charge >= 0.3 is 6.09 Å². The molecule has 1 rings (SSSR count). The lowest BCUT2D eigenvalue weighted by molar-refractivity contribution is 0.0527. The SMILES string of the molecule is CC(C)CNCCCNC(=O)OC(C)(C)C.Cc1ccccc1. The summed E-state index contributed by atoms with van der Waals surface area (Å²) in [5.74, 6) is 0.666. The highest BCUT2D eigenvalue weighted by Gasteiger charge is 2.15. The molecule has 2 N–H and O–H groups in total. The Bertz CT molecular complexity index is 411. The Balaban J connectivity index is 0.000000568. The van der Waals surface area contributed by atoms with Crippen molar-refractivity contribution in [1.29, 1.82) is 0 Å². The quantitative estimate of drug-likeness (QED) is 0.774. The molecule has 0 radical (unpaired) electrons. The van der Waals surface area contributed by atoms with Gasteiger partial charge in [-0.1, -0.05) is 49.7 Å². The molecule has 1 amide bonds. The average molecular weight is 322 g/mol. The fourth-order valence-electron chi connectivity index (χ4n) is 1.64. The first-order chi connectivity index (χ1) is 10.7. The van der Waals surface area contributed by atoms with Crippen molar-refractivity contribution in [2.24, 2.45) is 5.92 Å². The minimum absolute atomic E-state index is 0.337. The second kappa shape index (κ2) is 11.9. The third kappa shape index (κ3) is 16.6. The Morgan fingerprint density at radius 1 is 1.13 bits per heavy atom. The van der Waals surface area contributed by atoms with Crippen LogP contribution in [0.1, 0.15) is 46.6 Å². The van der Waals surface area contributed by atoms with Gasteiger partial charge in [0.1, 0.15) is 5.60 Å². The van der Waals surface area contributed by atoms with E-state index < -0.39 is 5.60 Å². The van der Waals surface area contributed by atoms with E-state index >= 15 is 0 Å². The van der Waals surface area contributed by atoms with Gasteiger partial charge in [-0.25, -0.2) is 4.79 Å². The number of carbonyl (C=O) groups is 1. The summed E-state index contributed by atoms with van der Waals surface area (Å²) in [6.07, 6.45) is 0.586. The number of benzene rings is 1. The number of hydrogen-bond acceptors (Lipinski definition) is 3. The summed E-state index contributed by atoms with van der Waals surface area (Å²) in [5, 5.41) is 6.04. The normalized spacial score (nSPS) is 10.7. The number of rotatable bonds is 6. The summed E-state index contributed by atoms with van der Waals surface area (Å²) in [6, 6.07) is 10.3. The molecule has 4 nitrogen and oxygen atoms in total. The van der Waals surface area contributed by atoms with Crippen LogP contribution in [0, 0.1) is 12.8 Å². The summed E-state index contributed by atoms with van der Waals surface area (Å²) in [6.45, 7) is 14.6. The van der Waals surface area contributed by atoms with Gasteiger partial charge in [-0.3, -0.25) is 0 Å². The second-order valence-electron chi connectivity index (χ2n) is 7.03. The highest BCUT2D eigenvalue weighted by atomic mass is 16.6. The standard InChI is InChI=1S/C12H26N2O2.C7H8/c1-10(2)9-13-7-6-8-14-11(15)16-12(3,4)5;1-7-5-3-2-4-6-7/h10,13H,6-9H2,1-5H3,(H,14,15);2-6H,1H3. The Kier molecular flexibility index (Phi) is 11.1. The van der Waals surface area contributed by atoms with Gasteiger partial charge in [0.05, 0.1) is 0 Å². The van der Waals surface area contributed by atoms with Gasteiger partial charge in [0.25, 0.3) is 0 Å². The van der Waals surface area contributed by atoms with Crippen LogP contribution in [-0.4, -0.2) is 31.3 Å². The first-order valence-corrected chi connectivity index (χ1v) is 8.40. The molecule has 0 aliphatic heterocycles. The maximum Gasteiger partial charge on any atom is 0.407 e. The molecule has 1 aromatic rings. The van der Waals surface area contributed by atoms with Crippen molar-refractivity contribution in [1.82, 2.24) is 10.6 Å². The minimum Gasteiger partial charge on any atom is -0.444 e. The smallest absolute Gasteiger partial charge is 0.407 e. The fourth-order valence-corrected chi connectivity index (χ4v) is 1.64. The highest BCUT2D eigenvalue weighted by molar-refractivity contribution is 5.67. The van der Waals surface area contributed by atoms with Crippen LogP contribution in [0.2, 0.25) is 0 Å². The molecule has 0 aliphatic carbocycles. The lowest BCUT2D eigenvalue weighted by Gasteiger charge is -2.19. The minimum atomic E-state index is -0.417. The Morgan fingerprint density at radius 3 is 2.17 bits per heavy atom. The molecular formula is C19H34N2O2. The maximum absolute atomic E-state index is 11.2. The molecule has 0 spiro atoms. The predicted molar refractivity (Wildman–Crippen MR) is 97.7 cm³/mol. The van der Waals surface area contributed by atoms with E-state index in [9.17, 15) is 4.79 Å². The summed E-state index contributed by atoms with van der Waals surface area (Å²) in [5.41, 5.74) is 0.905. The van der Waals surface area contributed by atoms with E-state index in [1.807, 2.05) is 39.0 Å². The van der Waals surface area contributed by atoms with E-state index in [0.717, 1.165) is 19.5 Å². The number of hydrogen-bond donors (Lipinski definition) is 2. The average Bonchev–Trinajstić information content (AvgIpc) is 2.42. The van der Waals surface area contributed by atoms with Crippen LogP contribution in [0.5, 0.6) is 0 Å². The zero-order valence-electron chi connectivity index (χ0n) is 15.6. The largest absolute Gasteiger partial charge is 0.444 e. The number of ether oxygens (including phenoxy) is 1. The first-order valence-electron chi connectivity index (χ1n) is 8.40. The third-order valence-electron chi connectivity index (χ3n) is 2.69. The van der Waals surface area contributed by atoms with Crippen LogP contribution >= 0.6 is 0 Å². The predicted octanol–water partition coefficient (Wildman–Crippen LogP) is 4.14. The van der Waals surface area contributed by atoms with Crippen LogP contribution in [-0.2, 0) is 4.74 Å². The Hall–Kier alpha value is -1.55. The number of carbonyl (C=O) groups excluding carboxylic acids is 1. The number of aryl methyl sites for hydroxylation is 1. The maximum atomic E-state index is 11.2. The number of nitrogens with one attached hydrogen (secondary N) is 2. The van der Waals surface area contributed by atoms with E-state index in [1.54, 1.807) is 0 Å². The Morgan fingerprint density at radius 2 is 1.74 bits per heavy atom. The zero-order chi connectivity index (χ0) is 17.7. The number of amides is 1. The molecule has 0 atom stereocenters. The second-order valence-corrected chi connectivity index (χ2v) is 7.03. The van der Waals surface area contributed by atoms with Crippen molar-refractivity contribution in [2.45, 2.75) is 53.6 Å². The summed E-state index contributed by atoms with van der Waals surface area (Å²) in [4.78, 5) is 11.2. The van der Waals surface area contributed by atoms with Gasteiger partial charge < -0.3 is 15.4 Å². The van der Waals surface area contributed by atoms with Crippen LogP contribution < -0.4 is 10.6 Å². The molecule has 0 saturated heterocycles. The van der Waals surface area contributed by atoms with Gasteiger partial charge in [0, 0.05) is 6.54 Å². The van der Waals surface area contributed by atoms with E-state index in [2.05, 4.69) is 43.5 Å². The van der Waals surface area contributed by atoms with Gasteiger partial charge in [-0.2, -0.15) is 0 Å². The van der Waals surface area contributed by atoms with Crippen LogP contribution in [0.3, 0.4) is 0 Å². The van der Waals surface area contributed by atoms with E-state index in [4.69, 9.17) is 4.74 Å². The van der Waals surface area contributed by atoms with Crippen molar-refractivity contribution < 1.29 is 9.53 Å². The van der Waals surface area contributed by atoms with Crippen molar-refractivity contribution >= 4 is 6.09 Å². The molecule has 0 saturated carbocycles. The molecule has 0 heterocycles. The van der Waals surface area contributed by atoms with Gasteiger partial charge in [-0.05, 0) is 53.1 Å². The van der Waals surface area contributed by atoms with Gasteiger partial charge in [0.15, 0.2) is 0 Å². The third-order valence-corrected chi connectivity index (χ3v) is 2.69. The molecule has 23 heavy (non-hydrogen) atoms. The van der Waals surface area contributed by atoms with Crippen molar-refractivity contribution in [3.8, 4) is 0 Å². The summed E-state index contributed by atoms with van der Waals surface area (Å²) >= 11 is 0. The molecule has 0 unspecified atom stereocenters. The lowest BCUT2D eigenvalue weighted by Crippen LogP contribution is -2.34. The van der Waals surface area contributed by atoms with Crippen LogP contribution in [0.4, 0.5) is 4.79 Å². The molecule has 0 fully saturated rings. The van der Waals surface area contributed by atoms with Crippen molar-refractivity contribution in [3.63, 3.8) is 0 Å². The monoisotopic (exact) mass is 322 g/mol. The number of alkyl carbamates (subject to hydrolysis) is 1. The molecular weight excluding hydrogens is 288 g/mol. The lowest BCUT2D eigenvalue weighted by atomic mass is 10.2. The topological polar surface area (TPSA) is 50.4 Å². The summed E-state index contributed by atoms with van der Waals surface area (Å²) < 4.78 is 5.11. The zero-order valence-corrected chi connectivity index (χ0v) is 15.6. The molecule has 132 valence electrons. The molecule has 4 heteroatoms. The van der Waals surface area contributed by atoms with E-state index in [-0.39, 0.29) is 6.09 Å². The van der Waals surface area contributed by atoms with Crippen molar-refractivity contribution in [3.05, 3.63) is 35.9 Å². The highest BCUT2D eigenvalue weighted by Crippen LogP contribution is 2.06. The van der Waals surface area contributed by atoms with E-state index in [1.165, 1.54) is 5.56 Å².